The standard InChI is InChI=1S/C27H33BF3NO8S/c1-24(2)25(3,4)40-28(39-24)18-10-11-22-21(13-18)32(15-19(38-22)14-26(5,16-37-6)23(33)34)41(35,36)20-9-7-8-17(12-20)27(29,30)31/h7-13,19H,14-16H2,1-6H3,(H,33,34). The van der Waals surface area contributed by atoms with E-state index < -0.39 is 62.5 Å². The molecule has 14 heteroatoms. The van der Waals surface area contributed by atoms with Crippen molar-refractivity contribution in [2.75, 3.05) is 24.6 Å². The van der Waals surface area contributed by atoms with Crippen LogP contribution in [0.4, 0.5) is 18.9 Å². The number of aliphatic carboxylic acids is 1. The third-order valence-electron chi connectivity index (χ3n) is 7.85. The molecule has 224 valence electrons. The monoisotopic (exact) mass is 599 g/mol. The fourth-order valence-electron chi connectivity index (χ4n) is 4.78. The van der Waals surface area contributed by atoms with E-state index in [0.29, 0.717) is 11.5 Å². The zero-order chi connectivity index (χ0) is 30.6. The highest BCUT2D eigenvalue weighted by Crippen LogP contribution is 2.42. The van der Waals surface area contributed by atoms with Crippen LogP contribution in [-0.2, 0) is 35.0 Å². The van der Waals surface area contributed by atoms with Crippen molar-refractivity contribution in [3.8, 4) is 5.75 Å². The number of benzene rings is 2. The fraction of sp³-hybridized carbons (Fsp3) is 0.519. The van der Waals surface area contributed by atoms with Crippen LogP contribution in [0.25, 0.3) is 0 Å². The van der Waals surface area contributed by atoms with Crippen LogP contribution in [0.5, 0.6) is 5.75 Å². The number of sulfonamides is 1. The third-order valence-corrected chi connectivity index (χ3v) is 9.62. The second-order valence-electron chi connectivity index (χ2n) is 11.6. The van der Waals surface area contributed by atoms with Gasteiger partial charge >= 0.3 is 19.3 Å². The average Bonchev–Trinajstić information content (AvgIpc) is 3.09. The molecular formula is C27H33BF3NO8S. The Labute approximate surface area is 237 Å². The lowest BCUT2D eigenvalue weighted by Gasteiger charge is -2.38. The molecule has 0 aliphatic carbocycles. The number of carbonyl (C=O) groups is 1. The van der Waals surface area contributed by atoms with Crippen LogP contribution in [0, 0.1) is 5.41 Å². The number of hydrogen-bond acceptors (Lipinski definition) is 7. The van der Waals surface area contributed by atoms with E-state index in [2.05, 4.69) is 0 Å². The number of fused-ring (bicyclic) bond motifs is 1. The number of methoxy groups -OCH3 is 1. The largest absolute Gasteiger partial charge is 0.494 e. The molecular weight excluding hydrogens is 566 g/mol. The zero-order valence-electron chi connectivity index (χ0n) is 23.6. The van der Waals surface area contributed by atoms with E-state index in [0.717, 1.165) is 22.5 Å². The van der Waals surface area contributed by atoms with Crippen molar-refractivity contribution in [1.29, 1.82) is 0 Å². The molecule has 2 aromatic rings. The quantitative estimate of drug-likeness (QED) is 0.452. The molecule has 0 amide bonds. The van der Waals surface area contributed by atoms with Gasteiger partial charge in [0.2, 0.25) is 0 Å². The van der Waals surface area contributed by atoms with Crippen molar-refractivity contribution < 1.29 is 50.3 Å². The predicted molar refractivity (Wildman–Crippen MR) is 145 cm³/mol. The minimum atomic E-state index is -4.76. The van der Waals surface area contributed by atoms with Gasteiger partial charge in [0.05, 0.1) is 45.9 Å². The average molecular weight is 599 g/mol. The molecule has 1 N–H and O–H groups in total. The van der Waals surface area contributed by atoms with Crippen LogP contribution in [0.15, 0.2) is 47.4 Å². The van der Waals surface area contributed by atoms with Gasteiger partial charge in [0, 0.05) is 13.5 Å². The Hall–Kier alpha value is -2.81. The minimum Gasteiger partial charge on any atom is -0.486 e. The summed E-state index contributed by atoms with van der Waals surface area (Å²) in [6.07, 6.45) is -5.85. The van der Waals surface area contributed by atoms with Gasteiger partial charge in [-0.25, -0.2) is 8.42 Å². The van der Waals surface area contributed by atoms with Crippen molar-refractivity contribution in [3.63, 3.8) is 0 Å². The molecule has 2 aromatic carbocycles. The van der Waals surface area contributed by atoms with Crippen LogP contribution in [0.1, 0.15) is 46.6 Å². The highest BCUT2D eigenvalue weighted by molar-refractivity contribution is 7.92. The molecule has 2 aliphatic rings. The summed E-state index contributed by atoms with van der Waals surface area (Å²) in [6, 6.07) is 8.13. The van der Waals surface area contributed by atoms with Crippen LogP contribution < -0.4 is 14.5 Å². The maximum absolute atomic E-state index is 13.9. The first-order chi connectivity index (χ1) is 18.8. The Morgan fingerprint density at radius 1 is 1.12 bits per heavy atom. The van der Waals surface area contributed by atoms with Gasteiger partial charge in [0.15, 0.2) is 0 Å². The van der Waals surface area contributed by atoms with Crippen LogP contribution in [0.3, 0.4) is 0 Å². The van der Waals surface area contributed by atoms with Gasteiger partial charge in [0.1, 0.15) is 11.9 Å². The van der Waals surface area contributed by atoms with Gasteiger partial charge in [-0.05, 0) is 70.4 Å². The number of carboxylic acid groups (broad SMARTS) is 1. The van der Waals surface area contributed by atoms with E-state index in [1.54, 1.807) is 6.07 Å². The highest BCUT2D eigenvalue weighted by atomic mass is 32.2. The molecule has 0 bridgehead atoms. The number of halogens is 3. The molecule has 2 atom stereocenters. The van der Waals surface area contributed by atoms with E-state index in [-0.39, 0.29) is 31.0 Å². The lowest BCUT2D eigenvalue weighted by molar-refractivity contribution is -0.153. The van der Waals surface area contributed by atoms with Crippen molar-refractivity contribution in [3.05, 3.63) is 48.0 Å². The topological polar surface area (TPSA) is 112 Å². The van der Waals surface area contributed by atoms with Crippen molar-refractivity contribution in [1.82, 2.24) is 0 Å². The van der Waals surface area contributed by atoms with Crippen LogP contribution >= 0.6 is 0 Å². The highest BCUT2D eigenvalue weighted by Gasteiger charge is 2.52. The van der Waals surface area contributed by atoms with Crippen LogP contribution in [-0.4, -0.2) is 64.2 Å². The number of ether oxygens (including phenoxy) is 2. The van der Waals surface area contributed by atoms with E-state index in [1.807, 2.05) is 27.7 Å². The van der Waals surface area contributed by atoms with Crippen molar-refractivity contribution in [2.24, 2.45) is 5.41 Å². The Morgan fingerprint density at radius 2 is 1.76 bits per heavy atom. The lowest BCUT2D eigenvalue weighted by Crippen LogP contribution is -2.48. The van der Waals surface area contributed by atoms with Gasteiger partial charge in [-0.1, -0.05) is 12.1 Å². The summed E-state index contributed by atoms with van der Waals surface area (Å²) in [5.74, 6) is -1.06. The van der Waals surface area contributed by atoms with Gasteiger partial charge in [0.25, 0.3) is 10.0 Å². The Balaban J connectivity index is 1.80. The first-order valence-corrected chi connectivity index (χ1v) is 14.3. The zero-order valence-corrected chi connectivity index (χ0v) is 24.4. The molecule has 41 heavy (non-hydrogen) atoms. The molecule has 0 aromatic heterocycles. The molecule has 2 heterocycles. The molecule has 9 nitrogen and oxygen atoms in total. The second-order valence-corrected chi connectivity index (χ2v) is 13.5. The molecule has 4 rings (SSSR count). The Kier molecular flexibility index (Phi) is 7.96. The number of hydrogen-bond donors (Lipinski definition) is 1. The smallest absolute Gasteiger partial charge is 0.486 e. The van der Waals surface area contributed by atoms with Gasteiger partial charge < -0.3 is 23.9 Å². The summed E-state index contributed by atoms with van der Waals surface area (Å²) < 4.78 is 92.6. The lowest BCUT2D eigenvalue weighted by atomic mass is 9.78. The van der Waals surface area contributed by atoms with E-state index in [1.165, 1.54) is 26.2 Å². The number of nitrogens with zero attached hydrogens (tertiary/aromatic N) is 1. The maximum atomic E-state index is 13.9. The van der Waals surface area contributed by atoms with Gasteiger partial charge in [-0.3, -0.25) is 9.10 Å². The molecule has 1 saturated heterocycles. The molecule has 1 fully saturated rings. The summed E-state index contributed by atoms with van der Waals surface area (Å²) >= 11 is 0. The van der Waals surface area contributed by atoms with E-state index in [9.17, 15) is 31.5 Å². The molecule has 0 saturated carbocycles. The summed E-state index contributed by atoms with van der Waals surface area (Å²) in [7, 11) is -4.07. The summed E-state index contributed by atoms with van der Waals surface area (Å²) in [5, 5.41) is 9.84. The number of anilines is 1. The molecule has 0 radical (unpaired) electrons. The maximum Gasteiger partial charge on any atom is 0.494 e. The number of carboxylic acids is 1. The summed E-state index contributed by atoms with van der Waals surface area (Å²) in [6.45, 7) is 8.38. The number of rotatable bonds is 8. The summed E-state index contributed by atoms with van der Waals surface area (Å²) in [4.78, 5) is 11.5. The normalized spacial score (nSPS) is 21.6. The van der Waals surface area contributed by atoms with Gasteiger partial charge in [-0.2, -0.15) is 13.2 Å². The Morgan fingerprint density at radius 3 is 2.32 bits per heavy atom. The Bertz CT molecular complexity index is 1420. The fourth-order valence-corrected chi connectivity index (χ4v) is 6.32. The SMILES string of the molecule is COCC(C)(CC1CN(S(=O)(=O)c2cccc(C(F)(F)F)c2)c2cc(B3OC(C)(C)C(C)(C)O3)ccc2O1)C(=O)O. The first kappa shape index (κ1) is 31.1. The number of alkyl halides is 3. The molecule has 0 spiro atoms. The second kappa shape index (κ2) is 10.5. The van der Waals surface area contributed by atoms with Gasteiger partial charge in [-0.15, -0.1) is 0 Å². The van der Waals surface area contributed by atoms with E-state index >= 15 is 0 Å². The third kappa shape index (κ3) is 5.92. The molecule has 2 unspecified atom stereocenters. The minimum absolute atomic E-state index is 0.0645. The van der Waals surface area contributed by atoms with Crippen LogP contribution in [0.2, 0.25) is 0 Å². The first-order valence-electron chi connectivity index (χ1n) is 12.9. The van der Waals surface area contributed by atoms with E-state index in [4.69, 9.17) is 18.8 Å². The summed E-state index contributed by atoms with van der Waals surface area (Å²) in [5.41, 5.74) is -3.36. The molecule has 2 aliphatic heterocycles. The predicted octanol–water partition coefficient (Wildman–Crippen LogP) is 4.09. The van der Waals surface area contributed by atoms with Crippen molar-refractivity contribution in [2.45, 2.75) is 69.4 Å². The van der Waals surface area contributed by atoms with Crippen molar-refractivity contribution >= 4 is 34.3 Å².